The quantitative estimate of drug-likeness (QED) is 0.561. The van der Waals surface area contributed by atoms with Gasteiger partial charge in [0.15, 0.2) is 17.5 Å². The Morgan fingerprint density at radius 1 is 1.21 bits per heavy atom. The fourth-order valence-electron chi connectivity index (χ4n) is 3.91. The van der Waals surface area contributed by atoms with E-state index in [-0.39, 0.29) is 12.1 Å². The lowest BCUT2D eigenvalue weighted by Gasteiger charge is -2.39. The molecule has 5 heterocycles. The highest BCUT2D eigenvalue weighted by Crippen LogP contribution is 2.40. The number of hydrogen-bond acceptors (Lipinski definition) is 8. The smallest absolute Gasteiger partial charge is 0.254 e. The van der Waals surface area contributed by atoms with E-state index >= 15 is 0 Å². The lowest BCUT2D eigenvalue weighted by molar-refractivity contribution is 0.495. The monoisotopic (exact) mass is 391 g/mol. The molecular weight excluding hydrogens is 370 g/mol. The number of aryl methyl sites for hydroxylation is 1. The Hall–Kier alpha value is -3.63. The zero-order valence-electron chi connectivity index (χ0n) is 16.6. The molecule has 1 N–H and O–H groups in total. The van der Waals surface area contributed by atoms with Crippen molar-refractivity contribution in [2.75, 3.05) is 4.90 Å². The summed E-state index contributed by atoms with van der Waals surface area (Å²) in [6.07, 6.45) is 5.84. The summed E-state index contributed by atoms with van der Waals surface area (Å²) in [4.78, 5) is 16.1. The number of aromatic amines is 1. The molecule has 0 spiro atoms. The molecule has 0 saturated heterocycles. The van der Waals surface area contributed by atoms with Gasteiger partial charge in [-0.15, -0.1) is 10.2 Å². The van der Waals surface area contributed by atoms with Crippen LogP contribution in [-0.4, -0.2) is 55.7 Å². The van der Waals surface area contributed by atoms with Crippen molar-refractivity contribution >= 4 is 5.82 Å². The maximum atomic E-state index is 4.91. The minimum Gasteiger partial charge on any atom is -0.342 e. The molecule has 1 aliphatic heterocycles. The number of nitrogens with zero attached hydrogens (tertiary/aromatic N) is 10. The van der Waals surface area contributed by atoms with Crippen LogP contribution < -0.4 is 4.90 Å². The molecule has 0 unspecified atom stereocenters. The van der Waals surface area contributed by atoms with Crippen molar-refractivity contribution < 1.29 is 0 Å². The lowest BCUT2D eigenvalue weighted by Crippen LogP contribution is -2.40. The standard InChI is InChI=1S/C18H21N11/c1-5-13-17-26-24-11(4)28(17)14-8-19-18(23-16(14)27(13)10(2)3)29-15(20-9-22-29)12-6-7-21-25-12/h6-10,13H,5H2,1-4H3,(H,21,25)/t13-/m1/s1. The van der Waals surface area contributed by atoms with Crippen LogP contribution in [0.15, 0.2) is 24.8 Å². The van der Waals surface area contributed by atoms with Crippen LogP contribution in [0.1, 0.15) is 44.9 Å². The highest BCUT2D eigenvalue weighted by Gasteiger charge is 2.36. The van der Waals surface area contributed by atoms with Gasteiger partial charge >= 0.3 is 0 Å². The molecule has 0 aliphatic carbocycles. The van der Waals surface area contributed by atoms with E-state index in [1.165, 1.54) is 6.33 Å². The number of aromatic nitrogens is 10. The van der Waals surface area contributed by atoms with Crippen LogP contribution in [0.3, 0.4) is 0 Å². The highest BCUT2D eigenvalue weighted by molar-refractivity contribution is 5.63. The zero-order chi connectivity index (χ0) is 20.1. The molecule has 0 fully saturated rings. The Kier molecular flexibility index (Phi) is 3.89. The average molecular weight is 391 g/mol. The number of H-pyrrole nitrogens is 1. The van der Waals surface area contributed by atoms with E-state index in [0.717, 1.165) is 35.3 Å². The minimum absolute atomic E-state index is 0.0780. The summed E-state index contributed by atoms with van der Waals surface area (Å²) in [5, 5.41) is 20.0. The van der Waals surface area contributed by atoms with Gasteiger partial charge in [0.25, 0.3) is 5.95 Å². The molecule has 29 heavy (non-hydrogen) atoms. The number of fused-ring (bicyclic) bond motifs is 3. The molecule has 0 aromatic carbocycles. The predicted molar refractivity (Wildman–Crippen MR) is 105 cm³/mol. The first-order chi connectivity index (χ1) is 14.1. The van der Waals surface area contributed by atoms with Gasteiger partial charge in [0.05, 0.1) is 12.2 Å². The molecule has 1 atom stereocenters. The molecule has 0 amide bonds. The number of nitrogens with one attached hydrogen (secondary N) is 1. The number of hydrogen-bond donors (Lipinski definition) is 1. The van der Waals surface area contributed by atoms with Crippen molar-refractivity contribution in [2.24, 2.45) is 0 Å². The Morgan fingerprint density at radius 2 is 2.07 bits per heavy atom. The van der Waals surface area contributed by atoms with Crippen molar-refractivity contribution in [1.82, 2.24) is 49.7 Å². The van der Waals surface area contributed by atoms with E-state index in [1.807, 2.05) is 17.6 Å². The molecule has 148 valence electrons. The summed E-state index contributed by atoms with van der Waals surface area (Å²) in [7, 11) is 0. The Balaban J connectivity index is 1.71. The molecule has 4 aromatic rings. The van der Waals surface area contributed by atoms with Gasteiger partial charge in [-0.05, 0) is 33.3 Å². The van der Waals surface area contributed by atoms with E-state index < -0.39 is 0 Å². The second-order valence-electron chi connectivity index (χ2n) is 7.21. The normalized spacial score (nSPS) is 15.6. The van der Waals surface area contributed by atoms with Gasteiger partial charge in [0, 0.05) is 12.2 Å². The fraction of sp³-hybridized carbons (Fsp3) is 0.389. The topological polar surface area (TPSA) is 119 Å². The lowest BCUT2D eigenvalue weighted by atomic mass is 10.1. The van der Waals surface area contributed by atoms with Gasteiger partial charge in [-0.3, -0.25) is 9.67 Å². The third kappa shape index (κ3) is 2.53. The zero-order valence-corrected chi connectivity index (χ0v) is 16.6. The highest BCUT2D eigenvalue weighted by atomic mass is 15.4. The predicted octanol–water partition coefficient (Wildman–Crippen LogP) is 2.02. The molecular formula is C18H21N11. The SMILES string of the molecule is CC[C@@H]1c2nnc(C)n2-c2cnc(-n3ncnc3-c3ccn[nH]3)nc2N1C(C)C. The summed E-state index contributed by atoms with van der Waals surface area (Å²) < 4.78 is 3.66. The third-order valence-corrected chi connectivity index (χ3v) is 5.13. The van der Waals surface area contributed by atoms with E-state index in [2.05, 4.69) is 61.1 Å². The van der Waals surface area contributed by atoms with Gasteiger partial charge in [0.1, 0.15) is 23.5 Å². The first-order valence-electron chi connectivity index (χ1n) is 9.58. The van der Waals surface area contributed by atoms with E-state index in [1.54, 1.807) is 17.1 Å². The van der Waals surface area contributed by atoms with E-state index in [4.69, 9.17) is 4.98 Å². The van der Waals surface area contributed by atoms with Crippen molar-refractivity contribution in [3.8, 4) is 23.2 Å². The summed E-state index contributed by atoms with van der Waals surface area (Å²) >= 11 is 0. The Morgan fingerprint density at radius 3 is 2.79 bits per heavy atom. The van der Waals surface area contributed by atoms with Gasteiger partial charge in [-0.25, -0.2) is 9.97 Å². The van der Waals surface area contributed by atoms with E-state index in [0.29, 0.717) is 11.8 Å². The van der Waals surface area contributed by atoms with Crippen LogP contribution in [0, 0.1) is 6.92 Å². The van der Waals surface area contributed by atoms with Crippen molar-refractivity contribution in [3.63, 3.8) is 0 Å². The van der Waals surface area contributed by atoms with Crippen molar-refractivity contribution in [3.05, 3.63) is 36.4 Å². The van der Waals surface area contributed by atoms with Crippen LogP contribution in [0.4, 0.5) is 5.82 Å². The molecule has 11 heteroatoms. The Bertz CT molecular complexity index is 1150. The number of anilines is 1. The van der Waals surface area contributed by atoms with Crippen LogP contribution in [0.5, 0.6) is 0 Å². The second kappa shape index (κ2) is 6.47. The number of rotatable bonds is 4. The maximum Gasteiger partial charge on any atom is 0.254 e. The second-order valence-corrected chi connectivity index (χ2v) is 7.21. The van der Waals surface area contributed by atoms with Crippen LogP contribution >= 0.6 is 0 Å². The first-order valence-corrected chi connectivity index (χ1v) is 9.58. The maximum absolute atomic E-state index is 4.91. The first kappa shape index (κ1) is 17.5. The van der Waals surface area contributed by atoms with Crippen LogP contribution in [0.2, 0.25) is 0 Å². The van der Waals surface area contributed by atoms with Crippen LogP contribution in [-0.2, 0) is 0 Å². The summed E-state index contributed by atoms with van der Waals surface area (Å²) in [6, 6.07) is 2.13. The van der Waals surface area contributed by atoms with Crippen LogP contribution in [0.25, 0.3) is 23.2 Å². The average Bonchev–Trinajstić information content (AvgIpc) is 3.46. The molecule has 5 rings (SSSR count). The van der Waals surface area contributed by atoms with E-state index in [9.17, 15) is 0 Å². The third-order valence-electron chi connectivity index (χ3n) is 5.13. The van der Waals surface area contributed by atoms with Gasteiger partial charge in [-0.1, -0.05) is 6.92 Å². The molecule has 0 bridgehead atoms. The summed E-state index contributed by atoms with van der Waals surface area (Å²) in [5.74, 6) is 3.61. The molecule has 4 aromatic heterocycles. The van der Waals surface area contributed by atoms with Crippen molar-refractivity contribution in [1.29, 1.82) is 0 Å². The van der Waals surface area contributed by atoms with Gasteiger partial charge in [-0.2, -0.15) is 19.9 Å². The molecule has 11 nitrogen and oxygen atoms in total. The summed E-state index contributed by atoms with van der Waals surface area (Å²) in [6.45, 7) is 8.40. The fourth-order valence-corrected chi connectivity index (χ4v) is 3.91. The molecule has 1 aliphatic rings. The largest absolute Gasteiger partial charge is 0.342 e. The Labute approximate surface area is 166 Å². The summed E-state index contributed by atoms with van der Waals surface area (Å²) in [5.41, 5.74) is 1.61. The molecule has 0 radical (unpaired) electrons. The van der Waals surface area contributed by atoms with Gasteiger partial charge < -0.3 is 4.90 Å². The van der Waals surface area contributed by atoms with Crippen molar-refractivity contribution in [2.45, 2.75) is 46.2 Å². The molecule has 0 saturated carbocycles. The minimum atomic E-state index is 0.0780. The van der Waals surface area contributed by atoms with Gasteiger partial charge in [0.2, 0.25) is 0 Å².